The van der Waals surface area contributed by atoms with Crippen molar-refractivity contribution in [1.82, 2.24) is 5.32 Å². The zero-order chi connectivity index (χ0) is 9.94. The second-order valence-corrected chi connectivity index (χ2v) is 2.73. The standard InChI is InChI=1S/C9H18N2O2/c1-2-9(8-10)11-4-3-6-13-7-5-12/h9,11-12H,2-7H2,1H3. The number of hydrogen-bond donors (Lipinski definition) is 2. The van der Waals surface area contributed by atoms with Crippen molar-refractivity contribution in [3.05, 3.63) is 0 Å². The summed E-state index contributed by atoms with van der Waals surface area (Å²) < 4.78 is 5.06. The molecule has 1 atom stereocenters. The van der Waals surface area contributed by atoms with Gasteiger partial charge in [0.15, 0.2) is 0 Å². The number of nitriles is 1. The molecule has 4 heteroatoms. The Balaban J connectivity index is 3.11. The summed E-state index contributed by atoms with van der Waals surface area (Å²) in [5.74, 6) is 0. The molecule has 0 saturated carbocycles. The Hall–Kier alpha value is -0.630. The van der Waals surface area contributed by atoms with Gasteiger partial charge in [0, 0.05) is 6.61 Å². The summed E-state index contributed by atoms with van der Waals surface area (Å²) in [7, 11) is 0. The fourth-order valence-electron chi connectivity index (χ4n) is 0.898. The smallest absolute Gasteiger partial charge is 0.0950 e. The Morgan fingerprint density at radius 1 is 1.54 bits per heavy atom. The van der Waals surface area contributed by atoms with Crippen LogP contribution in [0.3, 0.4) is 0 Å². The van der Waals surface area contributed by atoms with Gasteiger partial charge >= 0.3 is 0 Å². The van der Waals surface area contributed by atoms with Gasteiger partial charge in [-0.25, -0.2) is 0 Å². The van der Waals surface area contributed by atoms with Crippen molar-refractivity contribution in [1.29, 1.82) is 5.26 Å². The lowest BCUT2D eigenvalue weighted by molar-refractivity contribution is 0.0906. The molecule has 0 aromatic carbocycles. The monoisotopic (exact) mass is 186 g/mol. The van der Waals surface area contributed by atoms with E-state index in [1.54, 1.807) is 0 Å². The molecule has 0 aliphatic heterocycles. The third-order valence-corrected chi connectivity index (χ3v) is 1.66. The van der Waals surface area contributed by atoms with Crippen LogP contribution in [-0.4, -0.2) is 37.5 Å². The number of rotatable bonds is 8. The SMILES string of the molecule is CCC(C#N)NCCCOCCO. The van der Waals surface area contributed by atoms with Gasteiger partial charge in [-0.3, -0.25) is 0 Å². The average molecular weight is 186 g/mol. The van der Waals surface area contributed by atoms with Crippen LogP contribution in [0, 0.1) is 11.3 Å². The first-order valence-electron chi connectivity index (χ1n) is 4.66. The molecule has 0 rings (SSSR count). The van der Waals surface area contributed by atoms with Crippen molar-refractivity contribution in [3.63, 3.8) is 0 Å². The van der Waals surface area contributed by atoms with E-state index >= 15 is 0 Å². The molecule has 0 aliphatic rings. The molecule has 0 spiro atoms. The first-order chi connectivity index (χ1) is 6.35. The quantitative estimate of drug-likeness (QED) is 0.534. The molecule has 0 aromatic rings. The Morgan fingerprint density at radius 3 is 2.85 bits per heavy atom. The third kappa shape index (κ3) is 7.72. The van der Waals surface area contributed by atoms with Crippen LogP contribution in [0.25, 0.3) is 0 Å². The molecule has 4 nitrogen and oxygen atoms in total. The van der Waals surface area contributed by atoms with Crippen LogP contribution in [0.4, 0.5) is 0 Å². The minimum absolute atomic E-state index is 0.0437. The van der Waals surface area contributed by atoms with Crippen LogP contribution in [-0.2, 0) is 4.74 Å². The van der Waals surface area contributed by atoms with Gasteiger partial charge in [-0.1, -0.05) is 6.92 Å². The lowest BCUT2D eigenvalue weighted by atomic mass is 10.2. The molecule has 2 N–H and O–H groups in total. The summed E-state index contributed by atoms with van der Waals surface area (Å²) in [6.07, 6.45) is 1.70. The van der Waals surface area contributed by atoms with Crippen molar-refractivity contribution in [3.8, 4) is 6.07 Å². The van der Waals surface area contributed by atoms with Gasteiger partial charge in [-0.2, -0.15) is 5.26 Å². The van der Waals surface area contributed by atoms with Crippen LogP contribution in [0.15, 0.2) is 0 Å². The second kappa shape index (κ2) is 9.46. The summed E-state index contributed by atoms with van der Waals surface area (Å²) in [5.41, 5.74) is 0. The molecule has 0 aliphatic carbocycles. The molecule has 0 saturated heterocycles. The highest BCUT2D eigenvalue weighted by atomic mass is 16.5. The molecular weight excluding hydrogens is 168 g/mol. The van der Waals surface area contributed by atoms with Crippen LogP contribution in [0.5, 0.6) is 0 Å². The zero-order valence-corrected chi connectivity index (χ0v) is 8.12. The van der Waals surface area contributed by atoms with Crippen LogP contribution in [0.1, 0.15) is 19.8 Å². The molecule has 0 aromatic heterocycles. The molecule has 0 amide bonds. The number of aliphatic hydroxyl groups is 1. The highest BCUT2D eigenvalue weighted by molar-refractivity contribution is 4.87. The molecule has 0 fully saturated rings. The van der Waals surface area contributed by atoms with E-state index in [9.17, 15) is 0 Å². The van der Waals surface area contributed by atoms with E-state index in [2.05, 4.69) is 11.4 Å². The molecule has 13 heavy (non-hydrogen) atoms. The van der Waals surface area contributed by atoms with E-state index in [-0.39, 0.29) is 12.6 Å². The minimum Gasteiger partial charge on any atom is -0.394 e. The largest absolute Gasteiger partial charge is 0.394 e. The maximum absolute atomic E-state index is 8.59. The molecule has 0 radical (unpaired) electrons. The number of nitrogens with zero attached hydrogens (tertiary/aromatic N) is 1. The van der Waals surface area contributed by atoms with Gasteiger partial charge in [0.1, 0.15) is 0 Å². The van der Waals surface area contributed by atoms with Crippen LogP contribution in [0.2, 0.25) is 0 Å². The average Bonchev–Trinajstić information content (AvgIpc) is 2.17. The fraction of sp³-hybridized carbons (Fsp3) is 0.889. The highest BCUT2D eigenvalue weighted by Gasteiger charge is 2.00. The summed E-state index contributed by atoms with van der Waals surface area (Å²) >= 11 is 0. The molecule has 0 heterocycles. The van der Waals surface area contributed by atoms with Crippen molar-refractivity contribution < 1.29 is 9.84 Å². The minimum atomic E-state index is -0.0437. The van der Waals surface area contributed by atoms with Gasteiger partial charge in [0.2, 0.25) is 0 Å². The van der Waals surface area contributed by atoms with Gasteiger partial charge in [0.05, 0.1) is 25.3 Å². The normalized spacial score (nSPS) is 12.4. The lowest BCUT2D eigenvalue weighted by Crippen LogP contribution is -2.28. The number of aliphatic hydroxyl groups excluding tert-OH is 1. The topological polar surface area (TPSA) is 65.3 Å². The van der Waals surface area contributed by atoms with E-state index in [0.29, 0.717) is 13.2 Å². The van der Waals surface area contributed by atoms with E-state index in [4.69, 9.17) is 15.1 Å². The molecular formula is C9H18N2O2. The Labute approximate surface area is 79.5 Å². The summed E-state index contributed by atoms with van der Waals surface area (Å²) in [6.45, 7) is 3.87. The summed E-state index contributed by atoms with van der Waals surface area (Å²) in [6, 6.07) is 2.12. The summed E-state index contributed by atoms with van der Waals surface area (Å²) in [5, 5.41) is 20.1. The summed E-state index contributed by atoms with van der Waals surface area (Å²) in [4.78, 5) is 0. The Kier molecular flexibility index (Phi) is 9.00. The van der Waals surface area contributed by atoms with E-state index < -0.39 is 0 Å². The fourth-order valence-corrected chi connectivity index (χ4v) is 0.898. The lowest BCUT2D eigenvalue weighted by Gasteiger charge is -2.08. The predicted octanol–water partition coefficient (Wildman–Crippen LogP) is 0.277. The Morgan fingerprint density at radius 2 is 2.31 bits per heavy atom. The van der Waals surface area contributed by atoms with E-state index in [1.165, 1.54) is 0 Å². The Bertz CT molecular complexity index is 145. The number of ether oxygens (including phenoxy) is 1. The first-order valence-corrected chi connectivity index (χ1v) is 4.66. The number of hydrogen-bond acceptors (Lipinski definition) is 4. The van der Waals surface area contributed by atoms with E-state index in [0.717, 1.165) is 19.4 Å². The van der Waals surface area contributed by atoms with Crippen molar-refractivity contribution in [2.24, 2.45) is 0 Å². The maximum atomic E-state index is 8.59. The van der Waals surface area contributed by atoms with Gasteiger partial charge in [0.25, 0.3) is 0 Å². The number of nitrogens with one attached hydrogen (secondary N) is 1. The van der Waals surface area contributed by atoms with Gasteiger partial charge in [-0.15, -0.1) is 0 Å². The van der Waals surface area contributed by atoms with Gasteiger partial charge in [-0.05, 0) is 19.4 Å². The third-order valence-electron chi connectivity index (χ3n) is 1.66. The van der Waals surface area contributed by atoms with Crippen LogP contribution >= 0.6 is 0 Å². The zero-order valence-electron chi connectivity index (χ0n) is 8.12. The van der Waals surface area contributed by atoms with Crippen LogP contribution < -0.4 is 5.32 Å². The first kappa shape index (κ1) is 12.4. The molecule has 76 valence electrons. The molecule has 1 unspecified atom stereocenters. The van der Waals surface area contributed by atoms with Crippen molar-refractivity contribution in [2.75, 3.05) is 26.4 Å². The highest BCUT2D eigenvalue weighted by Crippen LogP contribution is 1.88. The molecule has 0 bridgehead atoms. The van der Waals surface area contributed by atoms with E-state index in [1.807, 2.05) is 6.92 Å². The van der Waals surface area contributed by atoms with Crippen molar-refractivity contribution in [2.45, 2.75) is 25.8 Å². The van der Waals surface area contributed by atoms with Gasteiger partial charge < -0.3 is 15.2 Å². The predicted molar refractivity (Wildman–Crippen MR) is 50.2 cm³/mol. The second-order valence-electron chi connectivity index (χ2n) is 2.73. The maximum Gasteiger partial charge on any atom is 0.0950 e. The van der Waals surface area contributed by atoms with Crippen molar-refractivity contribution >= 4 is 0 Å².